The second kappa shape index (κ2) is 11.3. The first-order chi connectivity index (χ1) is 25.4. The van der Waals surface area contributed by atoms with Gasteiger partial charge in [0.05, 0.1) is 23.6 Å². The van der Waals surface area contributed by atoms with E-state index in [1.807, 2.05) is 60.7 Å². The van der Waals surface area contributed by atoms with Crippen LogP contribution in [-0.4, -0.2) is 9.55 Å². The number of imidazole rings is 1. The maximum absolute atomic E-state index is 8.65. The molecule has 220 valence electrons. The Balaban J connectivity index is 1.34. The molecule has 0 fully saturated rings. The quantitative estimate of drug-likeness (QED) is 0.179. The third kappa shape index (κ3) is 4.54. The van der Waals surface area contributed by atoms with Crippen molar-refractivity contribution in [1.82, 2.24) is 9.55 Å². The molecule has 0 aliphatic carbocycles. The van der Waals surface area contributed by atoms with Crippen LogP contribution >= 0.6 is 0 Å². The van der Waals surface area contributed by atoms with Crippen LogP contribution in [0, 0.1) is 0 Å². The predicted octanol–water partition coefficient (Wildman–Crippen LogP) is 12.0. The highest BCUT2D eigenvalue weighted by molar-refractivity contribution is 6.22. The van der Waals surface area contributed by atoms with E-state index < -0.39 is 6.04 Å². The molecule has 2 heteroatoms. The molecule has 8 aromatic carbocycles. The number of fused-ring (bicyclic) bond motifs is 3. The summed E-state index contributed by atoms with van der Waals surface area (Å²) in [6.07, 6.45) is 0. The number of aromatic nitrogens is 2. The lowest BCUT2D eigenvalue weighted by Crippen LogP contribution is -2.01. The molecular formula is C45H30N2. The van der Waals surface area contributed by atoms with Gasteiger partial charge in [0.2, 0.25) is 0 Å². The molecular weight excluding hydrogens is 569 g/mol. The molecule has 0 saturated carbocycles. The number of hydrogen-bond donors (Lipinski definition) is 0. The average molecular weight is 604 g/mol. The number of benzene rings is 8. The highest BCUT2D eigenvalue weighted by Gasteiger charge is 2.21. The van der Waals surface area contributed by atoms with Crippen molar-refractivity contribution < 1.29 is 6.85 Å². The first-order valence-electron chi connectivity index (χ1n) is 18.2. The van der Waals surface area contributed by atoms with Crippen molar-refractivity contribution in [2.45, 2.75) is 0 Å². The molecule has 0 radical (unpaired) electrons. The largest absolute Gasteiger partial charge is 0.292 e. The fourth-order valence-electron chi connectivity index (χ4n) is 6.88. The Labute approximate surface area is 280 Å². The summed E-state index contributed by atoms with van der Waals surface area (Å²) >= 11 is 0. The highest BCUT2D eigenvalue weighted by atomic mass is 15.1. The van der Waals surface area contributed by atoms with Gasteiger partial charge in [-0.1, -0.05) is 158 Å². The Morgan fingerprint density at radius 1 is 0.447 bits per heavy atom. The van der Waals surface area contributed by atoms with Gasteiger partial charge in [0.25, 0.3) is 0 Å². The number of hydrogen-bond acceptors (Lipinski definition) is 1. The Kier molecular flexibility index (Phi) is 5.35. The van der Waals surface area contributed by atoms with Crippen LogP contribution in [0.15, 0.2) is 182 Å². The fraction of sp³-hybridized carbons (Fsp3) is 0. The van der Waals surface area contributed by atoms with E-state index in [1.54, 1.807) is 0 Å². The first-order valence-corrected chi connectivity index (χ1v) is 15.7. The second-order valence-corrected chi connectivity index (χ2v) is 11.6. The van der Waals surface area contributed by atoms with Gasteiger partial charge in [0, 0.05) is 11.1 Å². The fourth-order valence-corrected chi connectivity index (χ4v) is 6.88. The zero-order valence-electron chi connectivity index (χ0n) is 30.3. The highest BCUT2D eigenvalue weighted by Crippen LogP contribution is 2.46. The van der Waals surface area contributed by atoms with Gasteiger partial charge in [0.15, 0.2) is 0 Å². The summed E-state index contributed by atoms with van der Waals surface area (Å²) in [7, 11) is 0. The molecule has 0 amide bonds. The predicted molar refractivity (Wildman–Crippen MR) is 198 cm³/mol. The monoisotopic (exact) mass is 603 g/mol. The van der Waals surface area contributed by atoms with Crippen molar-refractivity contribution in [2.75, 3.05) is 0 Å². The Morgan fingerprint density at radius 2 is 1.02 bits per heavy atom. The van der Waals surface area contributed by atoms with Crippen LogP contribution in [0.1, 0.15) is 6.85 Å². The summed E-state index contributed by atoms with van der Waals surface area (Å²) in [5, 5.41) is 4.23. The van der Waals surface area contributed by atoms with Gasteiger partial charge in [-0.25, -0.2) is 4.98 Å². The molecule has 1 aromatic heterocycles. The summed E-state index contributed by atoms with van der Waals surface area (Å²) < 4.78 is 44.2. The normalized spacial score (nSPS) is 12.9. The molecule has 47 heavy (non-hydrogen) atoms. The zero-order valence-corrected chi connectivity index (χ0v) is 25.3. The summed E-state index contributed by atoms with van der Waals surface area (Å²) in [5.74, 6) is 0.865. The molecule has 0 aliphatic heterocycles. The van der Waals surface area contributed by atoms with Gasteiger partial charge in [-0.05, 0) is 73.6 Å². The first kappa shape index (κ1) is 22.3. The standard InChI is InChI=1S/C45H30N2/c1-3-16-31(17-4-1)33-20-15-21-34(30-33)43-35-22-7-9-24-37(35)44(38-25-10-8-23-36(38)43)39-26-11-13-28-41(39)47-42-29-14-12-27-40(42)46-45(47)32-18-5-2-6-19-32/h1-30H/i1D,3D,4D,16D,17D. The number of rotatable bonds is 5. The van der Waals surface area contributed by atoms with Gasteiger partial charge in [-0.15, -0.1) is 0 Å². The van der Waals surface area contributed by atoms with E-state index >= 15 is 0 Å². The van der Waals surface area contributed by atoms with E-state index in [0.717, 1.165) is 71.9 Å². The van der Waals surface area contributed by atoms with E-state index in [4.69, 9.17) is 11.8 Å². The van der Waals surface area contributed by atoms with Gasteiger partial charge < -0.3 is 0 Å². The summed E-state index contributed by atoms with van der Waals surface area (Å²) in [4.78, 5) is 5.14. The third-order valence-electron chi connectivity index (χ3n) is 8.88. The van der Waals surface area contributed by atoms with Crippen molar-refractivity contribution >= 4 is 32.6 Å². The third-order valence-corrected chi connectivity index (χ3v) is 8.88. The lowest BCUT2D eigenvalue weighted by molar-refractivity contribution is 1.10. The van der Waals surface area contributed by atoms with E-state index in [-0.39, 0.29) is 29.7 Å². The van der Waals surface area contributed by atoms with Gasteiger partial charge >= 0.3 is 0 Å². The summed E-state index contributed by atoms with van der Waals surface area (Å²) in [6.45, 7) is 0. The molecule has 0 bridgehead atoms. The minimum atomic E-state index is -0.401. The topological polar surface area (TPSA) is 17.8 Å². The average Bonchev–Trinajstić information content (AvgIpc) is 3.58. The number of para-hydroxylation sites is 3. The zero-order chi connectivity index (χ0) is 35.5. The van der Waals surface area contributed by atoms with Crippen molar-refractivity contribution in [3.8, 4) is 50.5 Å². The van der Waals surface area contributed by atoms with Crippen LogP contribution in [0.2, 0.25) is 0 Å². The molecule has 0 unspecified atom stereocenters. The Hall–Kier alpha value is -6.25. The van der Waals surface area contributed by atoms with Crippen molar-refractivity contribution in [3.63, 3.8) is 0 Å². The maximum Gasteiger partial charge on any atom is 0.145 e. The van der Waals surface area contributed by atoms with Crippen LogP contribution in [0.5, 0.6) is 0 Å². The Morgan fingerprint density at radius 3 is 1.77 bits per heavy atom. The number of nitrogens with zero attached hydrogens (tertiary/aromatic N) is 2. The van der Waals surface area contributed by atoms with Crippen molar-refractivity contribution in [2.24, 2.45) is 0 Å². The van der Waals surface area contributed by atoms with Crippen molar-refractivity contribution in [3.05, 3.63) is 182 Å². The van der Waals surface area contributed by atoms with Crippen LogP contribution in [0.3, 0.4) is 0 Å². The lowest BCUT2D eigenvalue weighted by Gasteiger charge is -2.21. The molecule has 0 N–H and O–H groups in total. The molecule has 2 nitrogen and oxygen atoms in total. The smallest absolute Gasteiger partial charge is 0.145 e. The molecule has 0 atom stereocenters. The molecule has 0 spiro atoms. The molecule has 0 aliphatic rings. The lowest BCUT2D eigenvalue weighted by atomic mass is 9.85. The molecule has 1 heterocycles. The van der Waals surface area contributed by atoms with Crippen LogP contribution in [0.25, 0.3) is 83.0 Å². The van der Waals surface area contributed by atoms with E-state index in [9.17, 15) is 0 Å². The summed E-state index contributed by atoms with van der Waals surface area (Å²) in [6, 6.07) is 50.1. The van der Waals surface area contributed by atoms with Gasteiger partial charge in [0.1, 0.15) is 5.82 Å². The summed E-state index contributed by atoms with van der Waals surface area (Å²) in [5.41, 5.74) is 8.80. The van der Waals surface area contributed by atoms with E-state index in [0.29, 0.717) is 5.56 Å². The van der Waals surface area contributed by atoms with Gasteiger partial charge in [-0.2, -0.15) is 0 Å². The van der Waals surface area contributed by atoms with Gasteiger partial charge in [-0.3, -0.25) is 4.57 Å². The van der Waals surface area contributed by atoms with Crippen molar-refractivity contribution in [1.29, 1.82) is 0 Å². The minimum Gasteiger partial charge on any atom is -0.292 e. The SMILES string of the molecule is [2H]c1c([2H])c([2H])c(-c2cccc(-c3c4ccccc4c(-c4ccccc4-n4c(-c5ccccc5)nc5ccccc54)c4ccccc34)c2)c([2H])c1[2H]. The van der Waals surface area contributed by atoms with Crippen LogP contribution in [-0.2, 0) is 0 Å². The Bertz CT molecular complexity index is 2770. The van der Waals surface area contributed by atoms with E-state index in [2.05, 4.69) is 95.6 Å². The molecule has 9 aromatic rings. The molecule has 0 saturated heterocycles. The molecule has 9 rings (SSSR count). The van der Waals surface area contributed by atoms with E-state index in [1.165, 1.54) is 0 Å². The van der Waals surface area contributed by atoms with Crippen LogP contribution < -0.4 is 0 Å². The maximum atomic E-state index is 8.65. The second-order valence-electron chi connectivity index (χ2n) is 11.6. The minimum absolute atomic E-state index is 0.189. The van der Waals surface area contributed by atoms with Crippen LogP contribution in [0.4, 0.5) is 0 Å².